The molecular weight excluding hydrogens is 356 g/mol. The van der Waals surface area contributed by atoms with Crippen molar-refractivity contribution >= 4 is 32.6 Å². The topological polar surface area (TPSA) is 0 Å². The second-order valence-corrected chi connectivity index (χ2v) is 16.9. The van der Waals surface area contributed by atoms with Crippen molar-refractivity contribution in [3.63, 3.8) is 0 Å². The Morgan fingerprint density at radius 2 is 1.44 bits per heavy atom. The molecule has 2 heteroatoms. The van der Waals surface area contributed by atoms with E-state index in [1.807, 2.05) is 0 Å². The van der Waals surface area contributed by atoms with Crippen LogP contribution in [-0.4, -0.2) is 16.1 Å². The van der Waals surface area contributed by atoms with Crippen molar-refractivity contribution in [2.24, 2.45) is 0 Å². The maximum atomic E-state index is 3.63. The molecule has 0 spiro atoms. The maximum absolute atomic E-state index is 3.63. The summed E-state index contributed by atoms with van der Waals surface area (Å²) in [5.74, 6) is 3.45. The average molecular weight is 391 g/mol. The van der Waals surface area contributed by atoms with Crippen molar-refractivity contribution < 1.29 is 0 Å². The van der Waals surface area contributed by atoms with Gasteiger partial charge < -0.3 is 0 Å². The SMILES string of the molecule is CCCCCC#C[Si](C)(C)c1ccc([Si](C)(C)C=Cc2ccccc2)cc1. The Bertz CT molecular complexity index is 788. The number of hydrogen-bond acceptors (Lipinski definition) is 0. The predicted octanol–water partition coefficient (Wildman–Crippen LogP) is 5.89. The molecule has 0 bridgehead atoms. The molecule has 0 saturated heterocycles. The van der Waals surface area contributed by atoms with Gasteiger partial charge in [-0.1, -0.05) is 118 Å². The van der Waals surface area contributed by atoms with Gasteiger partial charge in [0.25, 0.3) is 0 Å². The van der Waals surface area contributed by atoms with E-state index in [0.29, 0.717) is 0 Å². The Morgan fingerprint density at radius 1 is 0.815 bits per heavy atom. The number of rotatable bonds is 7. The third-order valence-electron chi connectivity index (χ3n) is 5.15. The van der Waals surface area contributed by atoms with Gasteiger partial charge in [0, 0.05) is 6.42 Å². The van der Waals surface area contributed by atoms with E-state index < -0.39 is 16.1 Å². The van der Waals surface area contributed by atoms with Crippen LogP contribution in [0.2, 0.25) is 26.2 Å². The molecule has 0 fully saturated rings. The first-order chi connectivity index (χ1) is 12.8. The first-order valence-corrected chi connectivity index (χ1v) is 16.3. The third-order valence-corrected chi connectivity index (χ3v) is 10.5. The van der Waals surface area contributed by atoms with Crippen LogP contribution in [0.5, 0.6) is 0 Å². The van der Waals surface area contributed by atoms with E-state index in [9.17, 15) is 0 Å². The van der Waals surface area contributed by atoms with Crippen LogP contribution in [0.3, 0.4) is 0 Å². The summed E-state index contributed by atoms with van der Waals surface area (Å²) in [7, 11) is -3.24. The van der Waals surface area contributed by atoms with Crippen LogP contribution in [0.1, 0.15) is 38.2 Å². The van der Waals surface area contributed by atoms with E-state index in [-0.39, 0.29) is 0 Å². The van der Waals surface area contributed by atoms with Gasteiger partial charge in [-0.25, -0.2) is 0 Å². The molecule has 0 aromatic heterocycles. The zero-order valence-corrected chi connectivity index (χ0v) is 19.7. The molecule has 27 heavy (non-hydrogen) atoms. The molecule has 0 N–H and O–H groups in total. The Kier molecular flexibility index (Phi) is 7.89. The standard InChI is InChI=1S/C25H34Si2/c1-6-7-8-9-13-21-26(2,3)24-16-18-25(19-17-24)27(4,5)22-20-23-14-11-10-12-15-23/h10-12,14-20,22H,6-9H2,1-5H3. The summed E-state index contributed by atoms with van der Waals surface area (Å²) in [5, 5.41) is 2.94. The Hall–Kier alpha value is -1.83. The van der Waals surface area contributed by atoms with Gasteiger partial charge in [-0.05, 0) is 17.2 Å². The highest BCUT2D eigenvalue weighted by atomic mass is 28.3. The fourth-order valence-electron chi connectivity index (χ4n) is 3.10. The number of benzene rings is 2. The zero-order valence-electron chi connectivity index (χ0n) is 17.7. The molecule has 142 valence electrons. The van der Waals surface area contributed by atoms with Crippen molar-refractivity contribution in [1.29, 1.82) is 0 Å². The van der Waals surface area contributed by atoms with E-state index in [4.69, 9.17) is 0 Å². The Labute approximate surface area is 168 Å². The van der Waals surface area contributed by atoms with Gasteiger partial charge >= 0.3 is 0 Å². The smallest absolute Gasteiger partial charge is 0.126 e. The van der Waals surface area contributed by atoms with Crippen LogP contribution in [0.25, 0.3) is 6.08 Å². The highest BCUT2D eigenvalue weighted by Crippen LogP contribution is 2.10. The maximum Gasteiger partial charge on any atom is 0.162 e. The van der Waals surface area contributed by atoms with Crippen LogP contribution in [0, 0.1) is 11.5 Å². The molecule has 0 nitrogen and oxygen atoms in total. The first-order valence-electron chi connectivity index (χ1n) is 10.2. The minimum absolute atomic E-state index is 1.05. The quantitative estimate of drug-likeness (QED) is 0.314. The summed E-state index contributed by atoms with van der Waals surface area (Å²) in [6.07, 6.45) is 7.12. The molecule has 0 aliphatic rings. The molecular formula is C25H34Si2. The molecule has 0 aliphatic carbocycles. The van der Waals surface area contributed by atoms with E-state index in [0.717, 1.165) is 6.42 Å². The largest absolute Gasteiger partial charge is 0.162 e. The normalized spacial score (nSPS) is 12.0. The summed E-state index contributed by atoms with van der Waals surface area (Å²) in [6.45, 7) is 11.8. The molecule has 0 heterocycles. The fourth-order valence-corrected chi connectivity index (χ4v) is 6.64. The lowest BCUT2D eigenvalue weighted by molar-refractivity contribution is 0.737. The molecule has 0 aliphatic heterocycles. The van der Waals surface area contributed by atoms with E-state index in [1.165, 1.54) is 35.2 Å². The van der Waals surface area contributed by atoms with Gasteiger partial charge in [-0.15, -0.1) is 11.5 Å². The van der Waals surface area contributed by atoms with E-state index in [2.05, 4.69) is 111 Å². The lowest BCUT2D eigenvalue weighted by Crippen LogP contribution is -2.44. The molecule has 0 radical (unpaired) electrons. The van der Waals surface area contributed by atoms with Gasteiger partial charge in [-0.2, -0.15) is 0 Å². The van der Waals surface area contributed by atoms with Crippen molar-refractivity contribution in [3.05, 3.63) is 65.9 Å². The highest BCUT2D eigenvalue weighted by molar-refractivity contribution is 6.97. The van der Waals surface area contributed by atoms with Crippen LogP contribution < -0.4 is 10.4 Å². The van der Waals surface area contributed by atoms with Crippen LogP contribution in [0.15, 0.2) is 60.3 Å². The van der Waals surface area contributed by atoms with Gasteiger partial charge in [0.2, 0.25) is 0 Å². The second-order valence-electron chi connectivity index (χ2n) is 8.43. The molecule has 0 saturated carbocycles. The molecule has 2 rings (SSSR count). The zero-order chi connectivity index (χ0) is 19.8. The minimum atomic E-state index is -1.66. The predicted molar refractivity (Wildman–Crippen MR) is 128 cm³/mol. The first kappa shape index (κ1) is 21.5. The molecule has 2 aromatic carbocycles. The molecule has 0 unspecified atom stereocenters. The third kappa shape index (κ3) is 6.68. The summed E-state index contributed by atoms with van der Waals surface area (Å²) in [4.78, 5) is 0. The molecule has 0 amide bonds. The average Bonchev–Trinajstić information content (AvgIpc) is 2.67. The summed E-state index contributed by atoms with van der Waals surface area (Å²) in [5.41, 5.74) is 7.34. The molecule has 2 aromatic rings. The fraction of sp³-hybridized carbons (Fsp3) is 0.360. The summed E-state index contributed by atoms with van der Waals surface area (Å²) >= 11 is 0. The monoisotopic (exact) mass is 390 g/mol. The number of hydrogen-bond donors (Lipinski definition) is 0. The van der Waals surface area contributed by atoms with Crippen molar-refractivity contribution in [3.8, 4) is 11.5 Å². The van der Waals surface area contributed by atoms with Crippen LogP contribution in [-0.2, 0) is 0 Å². The van der Waals surface area contributed by atoms with Crippen LogP contribution in [0.4, 0.5) is 0 Å². The van der Waals surface area contributed by atoms with Gasteiger partial charge in [0.05, 0.1) is 0 Å². The van der Waals surface area contributed by atoms with E-state index >= 15 is 0 Å². The highest BCUT2D eigenvalue weighted by Gasteiger charge is 2.24. The van der Waals surface area contributed by atoms with Gasteiger partial charge in [0.1, 0.15) is 8.07 Å². The minimum Gasteiger partial charge on any atom is -0.126 e. The van der Waals surface area contributed by atoms with Crippen LogP contribution >= 0.6 is 0 Å². The molecule has 0 atom stereocenters. The summed E-state index contributed by atoms with van der Waals surface area (Å²) < 4.78 is 0. The van der Waals surface area contributed by atoms with Crippen molar-refractivity contribution in [2.45, 2.75) is 58.8 Å². The van der Waals surface area contributed by atoms with Gasteiger partial charge in [0.15, 0.2) is 8.07 Å². The van der Waals surface area contributed by atoms with Crippen molar-refractivity contribution in [2.75, 3.05) is 0 Å². The Morgan fingerprint density at radius 3 is 2.07 bits per heavy atom. The van der Waals surface area contributed by atoms with E-state index in [1.54, 1.807) is 0 Å². The lowest BCUT2D eigenvalue weighted by Gasteiger charge is -2.21. The Balaban J connectivity index is 2.09. The number of unbranched alkanes of at least 4 members (excludes halogenated alkanes) is 3. The van der Waals surface area contributed by atoms with Gasteiger partial charge in [-0.3, -0.25) is 0 Å². The van der Waals surface area contributed by atoms with Crippen molar-refractivity contribution in [1.82, 2.24) is 0 Å². The summed E-state index contributed by atoms with van der Waals surface area (Å²) in [6, 6.07) is 20.0. The lowest BCUT2D eigenvalue weighted by atomic mass is 10.2. The second kappa shape index (κ2) is 9.92.